The molecule has 0 aromatic heterocycles. The highest BCUT2D eigenvalue weighted by atomic mass is 16.6. The number of hydrogen-bond donors (Lipinski definition) is 1. The molecule has 1 atom stereocenters. The predicted molar refractivity (Wildman–Crippen MR) is 122 cm³/mol. The number of nitro benzene ring substituents is 1. The zero-order valence-corrected chi connectivity index (χ0v) is 18.2. The van der Waals surface area contributed by atoms with Gasteiger partial charge in [0.1, 0.15) is 5.75 Å². The van der Waals surface area contributed by atoms with E-state index in [2.05, 4.69) is 0 Å². The minimum absolute atomic E-state index is 0.0875. The van der Waals surface area contributed by atoms with Gasteiger partial charge in [-0.15, -0.1) is 0 Å². The fourth-order valence-corrected chi connectivity index (χ4v) is 2.94. The van der Waals surface area contributed by atoms with Crippen molar-refractivity contribution < 1.29 is 29.1 Å². The normalized spacial score (nSPS) is 11.5. The zero-order valence-electron chi connectivity index (χ0n) is 18.2. The molecule has 3 aromatic rings. The number of benzene rings is 3. The minimum Gasteiger partial charge on any atom is -0.487 e. The summed E-state index contributed by atoms with van der Waals surface area (Å²) in [4.78, 5) is 34.3. The number of esters is 1. The molecule has 1 unspecified atom stereocenters. The lowest BCUT2D eigenvalue weighted by Crippen LogP contribution is -2.09. The molecule has 0 spiro atoms. The molecule has 0 heterocycles. The summed E-state index contributed by atoms with van der Waals surface area (Å²) >= 11 is 0. The molecule has 170 valence electrons. The minimum atomic E-state index is -1.07. The number of nitro groups is 1. The van der Waals surface area contributed by atoms with Crippen molar-refractivity contribution in [2.24, 2.45) is 5.92 Å². The van der Waals surface area contributed by atoms with E-state index in [9.17, 15) is 19.7 Å². The summed E-state index contributed by atoms with van der Waals surface area (Å²) in [5.41, 5.74) is 1.55. The van der Waals surface area contributed by atoms with Crippen LogP contribution in [-0.4, -0.2) is 28.6 Å². The second-order valence-electron chi connectivity index (χ2n) is 7.56. The molecule has 0 amide bonds. The number of carboxylic acids is 1. The summed E-state index contributed by atoms with van der Waals surface area (Å²) in [6, 6.07) is 16.7. The Morgan fingerprint density at radius 2 is 1.58 bits per heavy atom. The number of rotatable bonds is 9. The summed E-state index contributed by atoms with van der Waals surface area (Å²) in [7, 11) is 0. The molecular formula is C25H23NO7. The topological polar surface area (TPSA) is 116 Å². The maximum atomic E-state index is 12.4. The van der Waals surface area contributed by atoms with E-state index in [0.29, 0.717) is 17.7 Å². The first-order valence-electron chi connectivity index (χ1n) is 10.4. The van der Waals surface area contributed by atoms with Crippen molar-refractivity contribution in [3.8, 4) is 22.6 Å². The van der Waals surface area contributed by atoms with Crippen molar-refractivity contribution in [1.29, 1.82) is 0 Å². The average Bonchev–Trinajstić information content (AvgIpc) is 2.82. The quantitative estimate of drug-likeness (QED) is 0.195. The number of carbonyl (C=O) groups excluding carboxylic acids is 1. The van der Waals surface area contributed by atoms with Crippen molar-refractivity contribution in [1.82, 2.24) is 0 Å². The van der Waals surface area contributed by atoms with Crippen LogP contribution in [0.2, 0.25) is 0 Å². The maximum Gasteiger partial charge on any atom is 0.343 e. The monoisotopic (exact) mass is 449 g/mol. The van der Waals surface area contributed by atoms with Crippen LogP contribution in [0.4, 0.5) is 5.69 Å². The summed E-state index contributed by atoms with van der Waals surface area (Å²) in [6.45, 7) is 4.43. The van der Waals surface area contributed by atoms with Gasteiger partial charge in [-0.3, -0.25) is 10.1 Å². The third kappa shape index (κ3) is 5.94. The van der Waals surface area contributed by atoms with Crippen LogP contribution in [-0.2, 0) is 0 Å². The van der Waals surface area contributed by atoms with Gasteiger partial charge in [-0.1, -0.05) is 38.5 Å². The van der Waals surface area contributed by atoms with Crippen LogP contribution in [0, 0.1) is 16.0 Å². The van der Waals surface area contributed by atoms with Crippen LogP contribution in [0.15, 0.2) is 66.7 Å². The van der Waals surface area contributed by atoms with E-state index in [-0.39, 0.29) is 34.2 Å². The number of carboxylic acid groups (broad SMARTS) is 1. The molecule has 3 aromatic carbocycles. The summed E-state index contributed by atoms with van der Waals surface area (Å²) in [5.74, 6) is -0.953. The van der Waals surface area contributed by atoms with Gasteiger partial charge in [0, 0.05) is 6.07 Å². The SMILES string of the molecule is CCC(C)COc1ccc(-c2ccc(C(=O)Oc3ccc(C(=O)O)cc3)cc2)cc1[N+](=O)[O-]. The molecule has 1 N–H and O–H groups in total. The third-order valence-electron chi connectivity index (χ3n) is 5.14. The molecule has 0 aliphatic carbocycles. The van der Waals surface area contributed by atoms with Gasteiger partial charge < -0.3 is 14.6 Å². The van der Waals surface area contributed by atoms with E-state index in [0.717, 1.165) is 6.42 Å². The van der Waals surface area contributed by atoms with Crippen LogP contribution in [0.1, 0.15) is 41.0 Å². The Kier molecular flexibility index (Phi) is 7.40. The highest BCUT2D eigenvalue weighted by Crippen LogP contribution is 2.33. The molecule has 0 bridgehead atoms. The lowest BCUT2D eigenvalue weighted by atomic mass is 10.0. The van der Waals surface area contributed by atoms with Gasteiger partial charge in [0.25, 0.3) is 0 Å². The first-order valence-corrected chi connectivity index (χ1v) is 10.4. The molecule has 0 aliphatic heterocycles. The summed E-state index contributed by atoms with van der Waals surface area (Å²) in [6.07, 6.45) is 0.911. The zero-order chi connectivity index (χ0) is 24.0. The highest BCUT2D eigenvalue weighted by molar-refractivity contribution is 5.92. The molecule has 8 nitrogen and oxygen atoms in total. The Bertz CT molecular complexity index is 1150. The summed E-state index contributed by atoms with van der Waals surface area (Å²) in [5, 5.41) is 20.5. The second-order valence-corrected chi connectivity index (χ2v) is 7.56. The van der Waals surface area contributed by atoms with E-state index in [1.807, 2.05) is 13.8 Å². The maximum absolute atomic E-state index is 12.4. The molecular weight excluding hydrogens is 426 g/mol. The highest BCUT2D eigenvalue weighted by Gasteiger charge is 2.18. The van der Waals surface area contributed by atoms with Gasteiger partial charge >= 0.3 is 17.6 Å². The average molecular weight is 449 g/mol. The van der Waals surface area contributed by atoms with Crippen molar-refractivity contribution in [2.75, 3.05) is 6.61 Å². The van der Waals surface area contributed by atoms with Crippen LogP contribution in [0.5, 0.6) is 11.5 Å². The van der Waals surface area contributed by atoms with Crippen LogP contribution < -0.4 is 9.47 Å². The van der Waals surface area contributed by atoms with E-state index >= 15 is 0 Å². The molecule has 0 fully saturated rings. The van der Waals surface area contributed by atoms with E-state index in [1.54, 1.807) is 36.4 Å². The largest absolute Gasteiger partial charge is 0.487 e. The Hall–Kier alpha value is -4.20. The van der Waals surface area contributed by atoms with Gasteiger partial charge in [-0.2, -0.15) is 0 Å². The van der Waals surface area contributed by atoms with Gasteiger partial charge in [-0.25, -0.2) is 9.59 Å². The van der Waals surface area contributed by atoms with Crippen molar-refractivity contribution in [3.63, 3.8) is 0 Å². The Morgan fingerprint density at radius 3 is 2.15 bits per heavy atom. The predicted octanol–water partition coefficient (Wildman–Crippen LogP) is 5.60. The molecule has 8 heteroatoms. The third-order valence-corrected chi connectivity index (χ3v) is 5.14. The standard InChI is InChI=1S/C25H23NO7/c1-3-16(2)15-32-23-13-10-20(14-22(23)26(30)31)17-4-6-19(7-5-17)25(29)33-21-11-8-18(9-12-21)24(27)28/h4-14,16H,3,15H2,1-2H3,(H,27,28). The number of ether oxygens (including phenoxy) is 2. The number of aromatic carboxylic acids is 1. The van der Waals surface area contributed by atoms with Gasteiger partial charge in [0.15, 0.2) is 5.75 Å². The Labute approximate surface area is 190 Å². The fourth-order valence-electron chi connectivity index (χ4n) is 2.94. The molecule has 0 aliphatic rings. The fraction of sp³-hybridized carbons (Fsp3) is 0.200. The molecule has 0 saturated carbocycles. The van der Waals surface area contributed by atoms with Crippen LogP contribution >= 0.6 is 0 Å². The smallest absolute Gasteiger partial charge is 0.343 e. The molecule has 0 radical (unpaired) electrons. The van der Waals surface area contributed by atoms with E-state index in [1.165, 1.54) is 30.3 Å². The number of nitrogens with zero attached hydrogens (tertiary/aromatic N) is 1. The van der Waals surface area contributed by atoms with Crippen molar-refractivity contribution in [2.45, 2.75) is 20.3 Å². The second kappa shape index (κ2) is 10.4. The van der Waals surface area contributed by atoms with Crippen LogP contribution in [0.25, 0.3) is 11.1 Å². The molecule has 0 saturated heterocycles. The lowest BCUT2D eigenvalue weighted by molar-refractivity contribution is -0.385. The lowest BCUT2D eigenvalue weighted by Gasteiger charge is -2.12. The number of hydrogen-bond acceptors (Lipinski definition) is 6. The van der Waals surface area contributed by atoms with Crippen molar-refractivity contribution in [3.05, 3.63) is 88.0 Å². The first kappa shape index (κ1) is 23.5. The van der Waals surface area contributed by atoms with Crippen LogP contribution in [0.3, 0.4) is 0 Å². The Balaban J connectivity index is 1.74. The Morgan fingerprint density at radius 1 is 0.970 bits per heavy atom. The number of carbonyl (C=O) groups is 2. The van der Waals surface area contributed by atoms with Gasteiger partial charge in [0.2, 0.25) is 0 Å². The molecule has 3 rings (SSSR count). The van der Waals surface area contributed by atoms with Gasteiger partial charge in [-0.05, 0) is 59.5 Å². The van der Waals surface area contributed by atoms with Crippen molar-refractivity contribution >= 4 is 17.6 Å². The van der Waals surface area contributed by atoms with E-state index < -0.39 is 16.9 Å². The first-order chi connectivity index (χ1) is 15.8. The molecule has 33 heavy (non-hydrogen) atoms. The summed E-state index contributed by atoms with van der Waals surface area (Å²) < 4.78 is 10.9. The van der Waals surface area contributed by atoms with Gasteiger partial charge in [0.05, 0.1) is 22.7 Å². The van der Waals surface area contributed by atoms with E-state index in [4.69, 9.17) is 14.6 Å².